The second-order valence-electron chi connectivity index (χ2n) is 8.29. The number of carbonyl (C=O) groups excluding carboxylic acids is 1. The molecule has 0 amide bonds. The second-order valence-corrected chi connectivity index (χ2v) is 8.29. The molecule has 0 heterocycles. The van der Waals surface area contributed by atoms with Crippen molar-refractivity contribution in [2.45, 2.75) is 64.5 Å². The van der Waals surface area contributed by atoms with Gasteiger partial charge < -0.3 is 0 Å². The summed E-state index contributed by atoms with van der Waals surface area (Å²) in [6.45, 7) is 2.16. The Morgan fingerprint density at radius 2 is 1.92 bits per heavy atom. The minimum absolute atomic E-state index is 0.0985. The Morgan fingerprint density at radius 3 is 2.68 bits per heavy atom. The van der Waals surface area contributed by atoms with Crippen molar-refractivity contribution in [1.82, 2.24) is 0 Å². The van der Waals surface area contributed by atoms with Crippen molar-refractivity contribution in [1.29, 1.82) is 0 Å². The van der Waals surface area contributed by atoms with Gasteiger partial charge in [-0.3, -0.25) is 4.79 Å². The minimum atomic E-state index is -4.39. The number of fused-ring (bicyclic) bond motifs is 4. The topological polar surface area (TPSA) is 17.1 Å². The van der Waals surface area contributed by atoms with Gasteiger partial charge in [0, 0.05) is 18.3 Å². The van der Waals surface area contributed by atoms with Crippen LogP contribution in [0, 0.1) is 35.0 Å². The van der Waals surface area contributed by atoms with E-state index < -0.39 is 6.18 Å². The summed E-state index contributed by atoms with van der Waals surface area (Å²) >= 11 is 0. The predicted molar refractivity (Wildman–Crippen MR) is 89.5 cm³/mol. The Balaban J connectivity index is 1.64. The molecule has 4 heteroatoms. The first kappa shape index (κ1) is 16.9. The lowest BCUT2D eigenvalue weighted by Gasteiger charge is -2.48. The van der Waals surface area contributed by atoms with Gasteiger partial charge in [-0.05, 0) is 79.4 Å². The lowest BCUT2D eigenvalue weighted by atomic mass is 9.56. The van der Waals surface area contributed by atoms with Crippen LogP contribution in [0.25, 0.3) is 0 Å². The third kappa shape index (κ3) is 2.86. The van der Waals surface area contributed by atoms with Gasteiger partial charge in [0.2, 0.25) is 0 Å². The van der Waals surface area contributed by atoms with E-state index in [1.165, 1.54) is 22.6 Å². The molecule has 1 nitrogen and oxygen atoms in total. The molecule has 4 atom stereocenters. The summed E-state index contributed by atoms with van der Waals surface area (Å²) in [5.41, 5.74) is 4.05. The zero-order valence-electron chi connectivity index (χ0n) is 14.5. The van der Waals surface area contributed by atoms with E-state index in [0.717, 1.165) is 44.9 Å². The van der Waals surface area contributed by atoms with Gasteiger partial charge in [-0.15, -0.1) is 0 Å². The first-order chi connectivity index (χ1) is 11.8. The molecule has 1 unspecified atom stereocenters. The summed E-state index contributed by atoms with van der Waals surface area (Å²) < 4.78 is 37.6. The summed E-state index contributed by atoms with van der Waals surface area (Å²) in [5, 5.41) is 0. The van der Waals surface area contributed by atoms with Crippen molar-refractivity contribution in [3.63, 3.8) is 0 Å². The minimum Gasteiger partial charge on any atom is -0.295 e. The van der Waals surface area contributed by atoms with Crippen molar-refractivity contribution < 1.29 is 18.0 Å². The molecule has 4 aliphatic rings. The van der Waals surface area contributed by atoms with E-state index >= 15 is 0 Å². The van der Waals surface area contributed by atoms with Crippen LogP contribution in [-0.4, -0.2) is 12.0 Å². The van der Waals surface area contributed by atoms with E-state index in [4.69, 9.17) is 0 Å². The SMILES string of the molecule is C[C@]12CCC3=C4CCC(=O)C=C4CC[C@H]3[C@@H]1CCC2C#CC(F)(F)F. The molecule has 0 saturated heterocycles. The largest absolute Gasteiger partial charge is 0.457 e. The molecule has 0 aromatic rings. The Hall–Kier alpha value is -1.50. The maximum atomic E-state index is 12.5. The lowest BCUT2D eigenvalue weighted by Crippen LogP contribution is -2.39. The zero-order valence-corrected chi connectivity index (χ0v) is 14.5. The van der Waals surface area contributed by atoms with Gasteiger partial charge in [-0.1, -0.05) is 18.4 Å². The van der Waals surface area contributed by atoms with Gasteiger partial charge in [0.25, 0.3) is 0 Å². The highest BCUT2D eigenvalue weighted by Crippen LogP contribution is 2.62. The molecule has 0 bridgehead atoms. The fraction of sp³-hybridized carbons (Fsp3) is 0.667. The molecular weight excluding hydrogens is 325 g/mol. The fourth-order valence-electron chi connectivity index (χ4n) is 5.94. The first-order valence-corrected chi connectivity index (χ1v) is 9.33. The number of carbonyl (C=O) groups is 1. The quantitative estimate of drug-likeness (QED) is 0.538. The zero-order chi connectivity index (χ0) is 17.8. The molecule has 2 saturated carbocycles. The van der Waals surface area contributed by atoms with Crippen molar-refractivity contribution in [3.8, 4) is 11.8 Å². The monoisotopic (exact) mass is 348 g/mol. The highest BCUT2D eigenvalue weighted by molar-refractivity contribution is 5.93. The molecule has 0 spiro atoms. The molecule has 0 aliphatic heterocycles. The van der Waals surface area contributed by atoms with Crippen LogP contribution < -0.4 is 0 Å². The third-order valence-corrected chi connectivity index (χ3v) is 7.12. The van der Waals surface area contributed by atoms with Gasteiger partial charge in [-0.25, -0.2) is 0 Å². The van der Waals surface area contributed by atoms with Crippen molar-refractivity contribution in [3.05, 3.63) is 22.8 Å². The van der Waals surface area contributed by atoms with E-state index in [-0.39, 0.29) is 17.1 Å². The fourth-order valence-corrected chi connectivity index (χ4v) is 5.94. The van der Waals surface area contributed by atoms with E-state index in [0.29, 0.717) is 18.3 Å². The normalized spacial score (nSPS) is 37.5. The highest BCUT2D eigenvalue weighted by Gasteiger charge is 2.53. The smallest absolute Gasteiger partial charge is 0.295 e. The van der Waals surface area contributed by atoms with Crippen LogP contribution in [-0.2, 0) is 4.79 Å². The van der Waals surface area contributed by atoms with Crippen LogP contribution in [0.15, 0.2) is 22.8 Å². The van der Waals surface area contributed by atoms with Crippen LogP contribution in [0.1, 0.15) is 58.3 Å². The summed E-state index contributed by atoms with van der Waals surface area (Å²) in [7, 11) is 0. The number of hydrogen-bond acceptors (Lipinski definition) is 1. The van der Waals surface area contributed by atoms with Gasteiger partial charge in [0.15, 0.2) is 5.78 Å². The maximum Gasteiger partial charge on any atom is 0.457 e. The first-order valence-electron chi connectivity index (χ1n) is 9.33. The average molecular weight is 348 g/mol. The van der Waals surface area contributed by atoms with Gasteiger partial charge in [0.05, 0.1) is 0 Å². The summed E-state index contributed by atoms with van der Waals surface area (Å²) in [5.74, 6) is 5.13. The van der Waals surface area contributed by atoms with Gasteiger partial charge in [-0.2, -0.15) is 13.2 Å². The summed E-state index contributed by atoms with van der Waals surface area (Å²) in [6, 6.07) is 0. The third-order valence-electron chi connectivity index (χ3n) is 7.12. The molecule has 4 aliphatic carbocycles. The molecule has 2 fully saturated rings. The Labute approximate surface area is 146 Å². The van der Waals surface area contributed by atoms with Crippen LogP contribution >= 0.6 is 0 Å². The van der Waals surface area contributed by atoms with Gasteiger partial charge in [0.1, 0.15) is 0 Å². The molecule has 25 heavy (non-hydrogen) atoms. The van der Waals surface area contributed by atoms with E-state index in [1.807, 2.05) is 6.08 Å². The second kappa shape index (κ2) is 5.76. The van der Waals surface area contributed by atoms with E-state index in [1.54, 1.807) is 0 Å². The lowest BCUT2D eigenvalue weighted by molar-refractivity contribution is -0.114. The number of halogens is 3. The van der Waals surface area contributed by atoms with Crippen molar-refractivity contribution in [2.24, 2.45) is 23.2 Å². The molecule has 4 rings (SSSR count). The number of rotatable bonds is 0. The van der Waals surface area contributed by atoms with Crippen molar-refractivity contribution >= 4 is 5.78 Å². The number of ketones is 1. The standard InChI is InChI=1S/C21H23F3O/c1-20-10-9-17-16-6-4-15(25)12-13(16)2-5-18(17)19(20)7-3-14(20)8-11-21(22,23)24/h12,14,18-19H,2-7,9-10H2,1H3/t14?,18-,19+,20-/m1/s1. The van der Waals surface area contributed by atoms with Crippen LogP contribution in [0.5, 0.6) is 0 Å². The molecule has 0 N–H and O–H groups in total. The molecule has 0 aromatic carbocycles. The molecule has 0 radical (unpaired) electrons. The van der Waals surface area contributed by atoms with E-state index in [9.17, 15) is 18.0 Å². The Kier molecular flexibility index (Phi) is 3.90. The Bertz CT molecular complexity index is 730. The van der Waals surface area contributed by atoms with Crippen LogP contribution in [0.4, 0.5) is 13.2 Å². The summed E-state index contributed by atoms with van der Waals surface area (Å²) in [6.07, 6.45) is 4.54. The van der Waals surface area contributed by atoms with Gasteiger partial charge >= 0.3 is 6.18 Å². The predicted octanol–water partition coefficient (Wildman–Crippen LogP) is 5.37. The molecule has 0 aromatic heterocycles. The van der Waals surface area contributed by atoms with Crippen LogP contribution in [0.3, 0.4) is 0 Å². The maximum absolute atomic E-state index is 12.5. The molecular formula is C21H23F3O. The average Bonchev–Trinajstić information content (AvgIpc) is 2.88. The van der Waals surface area contributed by atoms with E-state index in [2.05, 4.69) is 12.8 Å². The number of alkyl halides is 3. The Morgan fingerprint density at radius 1 is 1.12 bits per heavy atom. The van der Waals surface area contributed by atoms with Crippen molar-refractivity contribution in [2.75, 3.05) is 0 Å². The molecule has 134 valence electrons. The summed E-state index contributed by atoms with van der Waals surface area (Å²) in [4.78, 5) is 11.7. The number of hydrogen-bond donors (Lipinski definition) is 0. The van der Waals surface area contributed by atoms with Crippen LogP contribution in [0.2, 0.25) is 0 Å². The number of allylic oxidation sites excluding steroid dienone is 4. The highest BCUT2D eigenvalue weighted by atomic mass is 19.4.